The summed E-state index contributed by atoms with van der Waals surface area (Å²) < 4.78 is 0. The molecule has 0 saturated carbocycles. The number of halogens is 1. The third-order valence-electron chi connectivity index (χ3n) is 1.92. The first-order valence-electron chi connectivity index (χ1n) is 4.67. The molecule has 6 heteroatoms. The Morgan fingerprint density at radius 3 is 2.25 bits per heavy atom. The number of nitrogens with two attached hydrogens (primary N) is 3. The highest BCUT2D eigenvalue weighted by Crippen LogP contribution is 2.18. The lowest BCUT2D eigenvalue weighted by atomic mass is 10.1. The van der Waals surface area contributed by atoms with Crippen molar-refractivity contribution in [3.63, 3.8) is 0 Å². The van der Waals surface area contributed by atoms with Crippen molar-refractivity contribution in [1.29, 1.82) is 0 Å². The second-order valence-corrected chi connectivity index (χ2v) is 3.69. The molecule has 5 nitrogen and oxygen atoms in total. The summed E-state index contributed by atoms with van der Waals surface area (Å²) in [6.45, 7) is 1.89. The molecule has 1 aromatic rings. The van der Waals surface area contributed by atoms with Gasteiger partial charge in [0.1, 0.15) is 0 Å². The third kappa shape index (κ3) is 3.78. The fourth-order valence-electron chi connectivity index (χ4n) is 1.18. The Morgan fingerprint density at radius 2 is 1.75 bits per heavy atom. The van der Waals surface area contributed by atoms with Crippen LogP contribution >= 0.6 is 11.6 Å². The van der Waals surface area contributed by atoms with Crippen LogP contribution in [-0.4, -0.2) is 11.9 Å². The average Bonchev–Trinajstić information content (AvgIpc) is 2.16. The molecule has 1 rings (SSSR count). The molecule has 0 radical (unpaired) electrons. The third-order valence-corrected chi connectivity index (χ3v) is 2.17. The van der Waals surface area contributed by atoms with Gasteiger partial charge in [-0.25, -0.2) is 4.99 Å². The molecule has 0 aliphatic rings. The number of rotatable bonds is 2. The Bertz CT molecular complexity index is 406. The van der Waals surface area contributed by atoms with Crippen LogP contribution in [-0.2, 0) is 0 Å². The fraction of sp³-hybridized carbons (Fsp3) is 0.200. The van der Waals surface area contributed by atoms with Crippen LogP contribution in [0.2, 0.25) is 5.02 Å². The van der Waals surface area contributed by atoms with E-state index >= 15 is 0 Å². The number of hydrogen-bond acceptors (Lipinski definition) is 1. The van der Waals surface area contributed by atoms with Crippen LogP contribution in [0.5, 0.6) is 0 Å². The van der Waals surface area contributed by atoms with E-state index in [1.54, 1.807) is 12.1 Å². The van der Waals surface area contributed by atoms with Crippen molar-refractivity contribution < 1.29 is 0 Å². The quantitative estimate of drug-likeness (QED) is 0.530. The highest BCUT2D eigenvalue weighted by Gasteiger charge is 2.03. The monoisotopic (exact) mass is 239 g/mol. The summed E-state index contributed by atoms with van der Waals surface area (Å²) in [5, 5.41) is 0.678. The minimum absolute atomic E-state index is 0.0578. The van der Waals surface area contributed by atoms with E-state index in [-0.39, 0.29) is 18.0 Å². The van der Waals surface area contributed by atoms with Gasteiger partial charge in [-0.05, 0) is 24.6 Å². The molecule has 1 atom stereocenters. The van der Waals surface area contributed by atoms with E-state index in [0.717, 1.165) is 5.56 Å². The molecule has 86 valence electrons. The second-order valence-electron chi connectivity index (χ2n) is 3.25. The maximum atomic E-state index is 5.78. The van der Waals surface area contributed by atoms with Gasteiger partial charge in [0.05, 0.1) is 6.04 Å². The maximum absolute atomic E-state index is 5.78. The fourth-order valence-corrected chi connectivity index (χ4v) is 1.30. The summed E-state index contributed by atoms with van der Waals surface area (Å²) >= 11 is 5.78. The average molecular weight is 240 g/mol. The zero-order valence-corrected chi connectivity index (χ0v) is 9.65. The molecule has 0 amide bonds. The Morgan fingerprint density at radius 1 is 1.19 bits per heavy atom. The van der Waals surface area contributed by atoms with Crippen molar-refractivity contribution in [3.05, 3.63) is 34.9 Å². The van der Waals surface area contributed by atoms with E-state index in [9.17, 15) is 0 Å². The smallest absolute Gasteiger partial charge is 0.219 e. The molecule has 1 aromatic carbocycles. The Balaban J connectivity index is 2.83. The zero-order chi connectivity index (χ0) is 12.1. The molecule has 0 spiro atoms. The first-order chi connectivity index (χ1) is 7.49. The van der Waals surface area contributed by atoms with E-state index in [1.165, 1.54) is 0 Å². The van der Waals surface area contributed by atoms with Gasteiger partial charge in [-0.1, -0.05) is 23.7 Å². The van der Waals surface area contributed by atoms with Gasteiger partial charge >= 0.3 is 0 Å². The number of nitrogens with zero attached hydrogens (tertiary/aromatic N) is 2. The number of guanidine groups is 2. The second kappa shape index (κ2) is 5.37. The van der Waals surface area contributed by atoms with Crippen molar-refractivity contribution in [2.75, 3.05) is 0 Å². The first kappa shape index (κ1) is 12.3. The van der Waals surface area contributed by atoms with Crippen LogP contribution < -0.4 is 17.2 Å². The van der Waals surface area contributed by atoms with E-state index in [0.29, 0.717) is 5.02 Å². The molecule has 6 N–H and O–H groups in total. The standard InChI is InChI=1S/C10H14ClN5/c1-6(15-10(14)16-9(12)13)7-2-4-8(11)5-3-7/h2-6H,1H3,(H6,12,13,14,15,16). The lowest BCUT2D eigenvalue weighted by Gasteiger charge is -2.06. The minimum Gasteiger partial charge on any atom is -0.370 e. The topological polar surface area (TPSA) is 103 Å². The van der Waals surface area contributed by atoms with Crippen LogP contribution in [0.3, 0.4) is 0 Å². The summed E-state index contributed by atoms with van der Waals surface area (Å²) in [6.07, 6.45) is 0. The normalized spacial score (nSPS) is 13.2. The van der Waals surface area contributed by atoms with Gasteiger partial charge in [-0.2, -0.15) is 4.99 Å². The van der Waals surface area contributed by atoms with Gasteiger partial charge < -0.3 is 17.2 Å². The van der Waals surface area contributed by atoms with E-state index in [4.69, 9.17) is 28.8 Å². The number of hydrogen-bond donors (Lipinski definition) is 3. The lowest BCUT2D eigenvalue weighted by Crippen LogP contribution is -2.26. The van der Waals surface area contributed by atoms with E-state index in [1.807, 2.05) is 19.1 Å². The van der Waals surface area contributed by atoms with Gasteiger partial charge in [0.2, 0.25) is 5.96 Å². The maximum Gasteiger partial charge on any atom is 0.219 e. The predicted octanol–water partition coefficient (Wildman–Crippen LogP) is 0.989. The Labute approximate surface area is 99.0 Å². The molecular formula is C10H14ClN5. The zero-order valence-electron chi connectivity index (χ0n) is 8.89. The SMILES string of the molecule is CC(N=C(N)N=C(N)N)c1ccc(Cl)cc1. The molecular weight excluding hydrogens is 226 g/mol. The summed E-state index contributed by atoms with van der Waals surface area (Å²) in [5.41, 5.74) is 16.9. The summed E-state index contributed by atoms with van der Waals surface area (Å²) in [6, 6.07) is 7.21. The van der Waals surface area contributed by atoms with Crippen molar-refractivity contribution >= 4 is 23.5 Å². The largest absolute Gasteiger partial charge is 0.370 e. The highest BCUT2D eigenvalue weighted by molar-refractivity contribution is 6.30. The summed E-state index contributed by atoms with van der Waals surface area (Å²) in [4.78, 5) is 7.76. The molecule has 1 unspecified atom stereocenters. The van der Waals surface area contributed by atoms with Gasteiger partial charge in [0.25, 0.3) is 0 Å². The van der Waals surface area contributed by atoms with Crippen LogP contribution in [0.4, 0.5) is 0 Å². The first-order valence-corrected chi connectivity index (χ1v) is 5.05. The molecule has 0 saturated heterocycles. The molecule has 0 aliphatic carbocycles. The van der Waals surface area contributed by atoms with Crippen molar-refractivity contribution in [2.45, 2.75) is 13.0 Å². The van der Waals surface area contributed by atoms with Crippen LogP contribution in [0.15, 0.2) is 34.3 Å². The number of benzene rings is 1. The predicted molar refractivity (Wildman–Crippen MR) is 67.3 cm³/mol. The number of aliphatic imine (C=N–C) groups is 2. The van der Waals surface area contributed by atoms with Gasteiger partial charge in [-0.3, -0.25) is 0 Å². The summed E-state index contributed by atoms with van der Waals surface area (Å²) in [7, 11) is 0. The molecule has 0 bridgehead atoms. The highest BCUT2D eigenvalue weighted by atomic mass is 35.5. The molecule has 16 heavy (non-hydrogen) atoms. The Hall–Kier alpha value is -1.75. The van der Waals surface area contributed by atoms with Crippen molar-refractivity contribution in [2.24, 2.45) is 27.2 Å². The van der Waals surface area contributed by atoms with Gasteiger partial charge in [0, 0.05) is 5.02 Å². The van der Waals surface area contributed by atoms with Crippen LogP contribution in [0.1, 0.15) is 18.5 Å². The molecule has 0 aliphatic heterocycles. The Kier molecular flexibility index (Phi) is 4.13. The van der Waals surface area contributed by atoms with Crippen molar-refractivity contribution in [3.8, 4) is 0 Å². The van der Waals surface area contributed by atoms with Gasteiger partial charge in [0.15, 0.2) is 5.96 Å². The molecule has 0 fully saturated rings. The molecule has 0 aromatic heterocycles. The summed E-state index contributed by atoms with van der Waals surface area (Å²) in [5.74, 6) is -0.0491. The van der Waals surface area contributed by atoms with Crippen LogP contribution in [0.25, 0.3) is 0 Å². The minimum atomic E-state index is -0.125. The van der Waals surface area contributed by atoms with Gasteiger partial charge in [-0.15, -0.1) is 0 Å². The van der Waals surface area contributed by atoms with E-state index in [2.05, 4.69) is 9.98 Å². The van der Waals surface area contributed by atoms with Crippen LogP contribution in [0, 0.1) is 0 Å². The van der Waals surface area contributed by atoms with E-state index < -0.39 is 0 Å². The van der Waals surface area contributed by atoms with Crippen molar-refractivity contribution in [1.82, 2.24) is 0 Å². The molecule has 0 heterocycles. The lowest BCUT2D eigenvalue weighted by molar-refractivity contribution is 0.816.